The Balaban J connectivity index is 1.50. The molecule has 0 bridgehead atoms. The fraction of sp³-hybridized carbons (Fsp3) is 0.150. The fourth-order valence-electron chi connectivity index (χ4n) is 2.55. The number of fused-ring (bicyclic) bond motifs is 1. The maximum atomic E-state index is 12.0. The van der Waals surface area contributed by atoms with Crippen LogP contribution < -0.4 is 15.6 Å². The molecule has 2 N–H and O–H groups in total. The predicted octanol–water partition coefficient (Wildman–Crippen LogP) is 2.38. The lowest BCUT2D eigenvalue weighted by atomic mass is 10.1. The van der Waals surface area contributed by atoms with E-state index in [0.29, 0.717) is 16.9 Å². The maximum Gasteiger partial charge on any atom is 0.276 e. The van der Waals surface area contributed by atoms with Gasteiger partial charge in [0.05, 0.1) is 18.2 Å². The lowest BCUT2D eigenvalue weighted by Gasteiger charge is -2.09. The summed E-state index contributed by atoms with van der Waals surface area (Å²) < 4.78 is 10.7. The molecule has 1 aromatic heterocycles. The molecule has 0 radical (unpaired) electrons. The number of hydrogen-bond donors (Lipinski definition) is 2. The van der Waals surface area contributed by atoms with Crippen molar-refractivity contribution in [3.63, 3.8) is 0 Å². The van der Waals surface area contributed by atoms with Crippen molar-refractivity contribution < 1.29 is 18.7 Å². The van der Waals surface area contributed by atoms with Crippen molar-refractivity contribution in [1.82, 2.24) is 10.9 Å². The highest BCUT2D eigenvalue weighted by atomic mass is 16.5. The number of carbonyl (C=O) groups is 2. The lowest BCUT2D eigenvalue weighted by Crippen LogP contribution is -2.44. The molecule has 7 nitrogen and oxygen atoms in total. The number of para-hydroxylation sites is 1. The Morgan fingerprint density at radius 1 is 1.15 bits per heavy atom. The average molecular weight is 363 g/mol. The summed E-state index contributed by atoms with van der Waals surface area (Å²) in [6.07, 6.45) is 1.60. The summed E-state index contributed by atoms with van der Waals surface area (Å²) in [6.45, 7) is 1.63. The van der Waals surface area contributed by atoms with Gasteiger partial charge in [0.2, 0.25) is 5.91 Å². The van der Waals surface area contributed by atoms with Crippen molar-refractivity contribution in [1.29, 1.82) is 5.26 Å². The number of nitriles is 1. The molecule has 0 saturated carbocycles. The number of furan rings is 1. The lowest BCUT2D eigenvalue weighted by molar-refractivity contribution is -0.129. The molecule has 136 valence electrons. The number of rotatable bonds is 5. The number of nitrogens with one attached hydrogen (secondary N) is 2. The van der Waals surface area contributed by atoms with Gasteiger partial charge in [-0.3, -0.25) is 20.4 Å². The highest BCUT2D eigenvalue weighted by Gasteiger charge is 2.12. The first-order valence-electron chi connectivity index (χ1n) is 8.23. The van der Waals surface area contributed by atoms with Crippen LogP contribution in [0.2, 0.25) is 0 Å². The number of ether oxygens (including phenoxy) is 1. The number of hydrazine groups is 1. The van der Waals surface area contributed by atoms with Gasteiger partial charge in [-0.25, -0.2) is 0 Å². The maximum absolute atomic E-state index is 12.0. The van der Waals surface area contributed by atoms with E-state index in [1.807, 2.05) is 31.2 Å². The molecule has 0 aliphatic rings. The van der Waals surface area contributed by atoms with E-state index in [-0.39, 0.29) is 18.9 Å². The zero-order valence-corrected chi connectivity index (χ0v) is 14.6. The van der Waals surface area contributed by atoms with Crippen molar-refractivity contribution in [2.75, 3.05) is 6.61 Å². The van der Waals surface area contributed by atoms with Crippen LogP contribution in [-0.4, -0.2) is 18.4 Å². The number of carbonyl (C=O) groups excluding carboxylic acids is 2. The highest BCUT2D eigenvalue weighted by molar-refractivity contribution is 5.89. The van der Waals surface area contributed by atoms with Gasteiger partial charge in [-0.05, 0) is 30.7 Å². The third kappa shape index (κ3) is 4.44. The van der Waals surface area contributed by atoms with Gasteiger partial charge in [-0.1, -0.05) is 24.3 Å². The van der Waals surface area contributed by atoms with Crippen molar-refractivity contribution in [2.24, 2.45) is 0 Å². The van der Waals surface area contributed by atoms with Crippen LogP contribution in [0.5, 0.6) is 5.75 Å². The van der Waals surface area contributed by atoms with Crippen LogP contribution in [0, 0.1) is 18.3 Å². The molecule has 0 atom stereocenters. The first-order valence-corrected chi connectivity index (χ1v) is 8.23. The van der Waals surface area contributed by atoms with Gasteiger partial charge in [-0.15, -0.1) is 0 Å². The minimum absolute atomic E-state index is 0.0640. The zero-order valence-electron chi connectivity index (χ0n) is 14.6. The molecule has 2 aromatic carbocycles. The molecule has 7 heteroatoms. The largest absolute Gasteiger partial charge is 0.482 e. The van der Waals surface area contributed by atoms with E-state index in [0.717, 1.165) is 16.5 Å². The fourth-order valence-corrected chi connectivity index (χ4v) is 2.55. The average Bonchev–Trinajstić information content (AvgIpc) is 3.06. The van der Waals surface area contributed by atoms with E-state index < -0.39 is 5.91 Å². The second kappa shape index (κ2) is 8.06. The third-order valence-electron chi connectivity index (χ3n) is 3.87. The van der Waals surface area contributed by atoms with Gasteiger partial charge in [0.15, 0.2) is 6.61 Å². The standard InChI is InChI=1S/C20H17N3O4/c1-13-6-7-16-15(11-26-18(16)8-13)9-19(24)22-23-20(25)12-27-17-5-3-2-4-14(17)10-21/h2-8,11H,9,12H2,1H3,(H,22,24)(H,23,25). The number of hydrogen-bond acceptors (Lipinski definition) is 5. The third-order valence-corrected chi connectivity index (χ3v) is 3.87. The molecular formula is C20H17N3O4. The van der Waals surface area contributed by atoms with Crippen molar-refractivity contribution >= 4 is 22.8 Å². The van der Waals surface area contributed by atoms with Crippen LogP contribution in [0.4, 0.5) is 0 Å². The molecule has 3 rings (SSSR count). The molecule has 1 heterocycles. The predicted molar refractivity (Wildman–Crippen MR) is 97.6 cm³/mol. The van der Waals surface area contributed by atoms with Crippen LogP contribution >= 0.6 is 0 Å². The van der Waals surface area contributed by atoms with Crippen LogP contribution in [-0.2, 0) is 16.0 Å². The number of nitrogens with zero attached hydrogens (tertiary/aromatic N) is 1. The SMILES string of the molecule is Cc1ccc2c(CC(=O)NNC(=O)COc3ccccc3C#N)coc2c1. The quantitative estimate of drug-likeness (QED) is 0.677. The summed E-state index contributed by atoms with van der Waals surface area (Å²) in [6, 6.07) is 14.3. The van der Waals surface area contributed by atoms with Gasteiger partial charge in [-0.2, -0.15) is 5.26 Å². The molecule has 0 aliphatic carbocycles. The van der Waals surface area contributed by atoms with Crippen LogP contribution in [0.3, 0.4) is 0 Å². The van der Waals surface area contributed by atoms with Crippen LogP contribution in [0.25, 0.3) is 11.0 Å². The van der Waals surface area contributed by atoms with Crippen molar-refractivity contribution in [3.05, 3.63) is 65.4 Å². The van der Waals surface area contributed by atoms with E-state index in [4.69, 9.17) is 14.4 Å². The van der Waals surface area contributed by atoms with Gasteiger partial charge in [0.25, 0.3) is 5.91 Å². The molecule has 0 saturated heterocycles. The molecule has 0 aliphatic heterocycles. The second-order valence-electron chi connectivity index (χ2n) is 5.93. The first kappa shape index (κ1) is 18.0. The van der Waals surface area contributed by atoms with Crippen molar-refractivity contribution in [2.45, 2.75) is 13.3 Å². The Kier molecular flexibility index (Phi) is 5.38. The molecule has 0 fully saturated rings. The monoisotopic (exact) mass is 363 g/mol. The molecular weight excluding hydrogens is 346 g/mol. The molecule has 0 spiro atoms. The van der Waals surface area contributed by atoms with E-state index in [1.54, 1.807) is 24.3 Å². The Hall–Kier alpha value is -3.79. The van der Waals surface area contributed by atoms with E-state index in [2.05, 4.69) is 10.9 Å². The first-order chi connectivity index (χ1) is 13.1. The van der Waals surface area contributed by atoms with Gasteiger partial charge in [0, 0.05) is 10.9 Å². The minimum Gasteiger partial charge on any atom is -0.482 e. The summed E-state index contributed by atoms with van der Waals surface area (Å²) in [5.74, 6) is -0.616. The van der Waals surface area contributed by atoms with E-state index in [1.165, 1.54) is 6.26 Å². The summed E-state index contributed by atoms with van der Waals surface area (Å²) in [5, 5.41) is 9.84. The van der Waals surface area contributed by atoms with E-state index in [9.17, 15) is 9.59 Å². The number of benzene rings is 2. The van der Waals surface area contributed by atoms with E-state index >= 15 is 0 Å². The molecule has 27 heavy (non-hydrogen) atoms. The summed E-state index contributed by atoms with van der Waals surface area (Å²) >= 11 is 0. The molecule has 0 unspecified atom stereocenters. The Morgan fingerprint density at radius 2 is 1.93 bits per heavy atom. The Labute approximate surface area is 155 Å². The zero-order chi connectivity index (χ0) is 19.2. The molecule has 2 amide bonds. The van der Waals surface area contributed by atoms with Gasteiger partial charge in [0.1, 0.15) is 17.4 Å². The normalized spacial score (nSPS) is 10.2. The highest BCUT2D eigenvalue weighted by Crippen LogP contribution is 2.22. The van der Waals surface area contributed by atoms with Crippen LogP contribution in [0.15, 0.2) is 53.1 Å². The topological polar surface area (TPSA) is 104 Å². The Bertz CT molecular complexity index is 1030. The minimum atomic E-state index is -0.538. The van der Waals surface area contributed by atoms with Crippen molar-refractivity contribution in [3.8, 4) is 11.8 Å². The summed E-state index contributed by atoms with van der Waals surface area (Å²) in [7, 11) is 0. The second-order valence-corrected chi connectivity index (χ2v) is 5.93. The summed E-state index contributed by atoms with van der Waals surface area (Å²) in [4.78, 5) is 23.9. The summed E-state index contributed by atoms with van der Waals surface area (Å²) in [5.41, 5.74) is 7.46. The molecule has 3 aromatic rings. The smallest absolute Gasteiger partial charge is 0.276 e. The van der Waals surface area contributed by atoms with Gasteiger partial charge >= 0.3 is 0 Å². The van der Waals surface area contributed by atoms with Gasteiger partial charge < -0.3 is 9.15 Å². The van der Waals surface area contributed by atoms with Crippen LogP contribution in [0.1, 0.15) is 16.7 Å². The number of aryl methyl sites for hydroxylation is 1. The number of amides is 2. The Morgan fingerprint density at radius 3 is 2.74 bits per heavy atom.